The van der Waals surface area contributed by atoms with Crippen LogP contribution in [0.5, 0.6) is 0 Å². The van der Waals surface area contributed by atoms with Crippen LogP contribution in [-0.2, 0) is 19.4 Å². The Morgan fingerprint density at radius 2 is 1.91 bits per heavy atom. The first-order valence-corrected chi connectivity index (χ1v) is 15.5. The van der Waals surface area contributed by atoms with Gasteiger partial charge in [-0.15, -0.1) is 21.5 Å². The molecule has 216 valence electrons. The van der Waals surface area contributed by atoms with Crippen LogP contribution in [0.1, 0.15) is 46.1 Å². The lowest BCUT2D eigenvalue weighted by Crippen LogP contribution is -2.14. The van der Waals surface area contributed by atoms with E-state index in [9.17, 15) is 14.9 Å². The third-order valence-electron chi connectivity index (χ3n) is 7.11. The quantitative estimate of drug-likeness (QED) is 0.105. The second kappa shape index (κ2) is 12.7. The molecule has 1 N–H and O–H groups in total. The zero-order valence-corrected chi connectivity index (χ0v) is 24.9. The van der Waals surface area contributed by atoms with E-state index in [-0.39, 0.29) is 11.6 Å². The Hall–Kier alpha value is -4.68. The van der Waals surface area contributed by atoms with Crippen molar-refractivity contribution in [3.63, 3.8) is 0 Å². The number of rotatable bonds is 9. The molecule has 0 spiro atoms. The van der Waals surface area contributed by atoms with Crippen LogP contribution in [-0.4, -0.2) is 36.8 Å². The van der Waals surface area contributed by atoms with Crippen LogP contribution in [0.4, 0.5) is 16.4 Å². The molecule has 0 fully saturated rings. The number of aromatic nitrogens is 4. The van der Waals surface area contributed by atoms with Gasteiger partial charge in [0.2, 0.25) is 0 Å². The Balaban J connectivity index is 1.37. The molecule has 0 saturated carbocycles. The van der Waals surface area contributed by atoms with Crippen molar-refractivity contribution in [2.75, 3.05) is 5.32 Å². The highest BCUT2D eigenvalue weighted by Crippen LogP contribution is 2.41. The van der Waals surface area contributed by atoms with Gasteiger partial charge in [-0.3, -0.25) is 19.9 Å². The zero-order chi connectivity index (χ0) is 29.8. The summed E-state index contributed by atoms with van der Waals surface area (Å²) in [7, 11) is 0. The maximum Gasteiger partial charge on any atom is 0.270 e. The number of nitro groups is 1. The van der Waals surface area contributed by atoms with Crippen molar-refractivity contribution in [1.82, 2.24) is 19.7 Å². The number of nitrogens with zero attached hydrogens (tertiary/aromatic N) is 6. The summed E-state index contributed by atoms with van der Waals surface area (Å²) < 4.78 is 1.99. The smallest absolute Gasteiger partial charge is 0.270 e. The summed E-state index contributed by atoms with van der Waals surface area (Å²) in [6, 6.07) is 17.8. The molecule has 6 rings (SSSR count). The highest BCUT2D eigenvalue weighted by Gasteiger charge is 2.25. The highest BCUT2D eigenvalue weighted by molar-refractivity contribution is 7.99. The number of carbonyl (C=O) groups is 1. The van der Waals surface area contributed by atoms with Gasteiger partial charge < -0.3 is 9.88 Å². The second-order valence-electron chi connectivity index (χ2n) is 9.84. The maximum absolute atomic E-state index is 13.5. The minimum atomic E-state index is -0.426. The van der Waals surface area contributed by atoms with Gasteiger partial charge in [-0.05, 0) is 80.3 Å². The van der Waals surface area contributed by atoms with E-state index in [1.807, 2.05) is 54.0 Å². The molecule has 0 radical (unpaired) electrons. The van der Waals surface area contributed by atoms with Crippen LogP contribution < -0.4 is 5.32 Å². The SMILES string of the molecule is CCn1c(Sc2ccc([N+](=O)[O-])cc2C=Nc2sc3c(c2C(=O)Nc2ccccc2)CCCC3)nnc1-c1ccncc1. The van der Waals surface area contributed by atoms with Crippen molar-refractivity contribution < 1.29 is 9.72 Å². The molecule has 12 heteroatoms. The van der Waals surface area contributed by atoms with E-state index < -0.39 is 4.92 Å². The van der Waals surface area contributed by atoms with Crippen molar-refractivity contribution in [2.24, 2.45) is 4.99 Å². The Labute approximate surface area is 256 Å². The van der Waals surface area contributed by atoms with Gasteiger partial charge in [-0.25, -0.2) is 4.99 Å². The number of aliphatic imine (C=N–C) groups is 1. The Kier molecular flexibility index (Phi) is 8.38. The zero-order valence-electron chi connectivity index (χ0n) is 23.3. The number of aryl methyl sites for hydroxylation is 1. The largest absolute Gasteiger partial charge is 0.322 e. The van der Waals surface area contributed by atoms with Crippen LogP contribution in [0, 0.1) is 10.1 Å². The number of pyridine rings is 1. The molecular formula is C31H27N7O3S2. The number of nitrogens with one attached hydrogen (secondary N) is 1. The number of fused-ring (bicyclic) bond motifs is 1. The van der Waals surface area contributed by atoms with Crippen LogP contribution in [0.3, 0.4) is 0 Å². The van der Waals surface area contributed by atoms with Crippen LogP contribution in [0.25, 0.3) is 11.4 Å². The van der Waals surface area contributed by atoms with E-state index >= 15 is 0 Å². The maximum atomic E-state index is 13.5. The van der Waals surface area contributed by atoms with Gasteiger partial charge in [-0.1, -0.05) is 18.2 Å². The fourth-order valence-corrected chi connectivity index (χ4v) is 7.23. The van der Waals surface area contributed by atoms with E-state index in [1.165, 1.54) is 40.1 Å². The molecule has 1 aliphatic rings. The molecule has 5 aromatic rings. The van der Waals surface area contributed by atoms with E-state index in [1.54, 1.807) is 24.7 Å². The number of anilines is 1. The molecule has 10 nitrogen and oxygen atoms in total. The first kappa shape index (κ1) is 28.4. The molecule has 0 bridgehead atoms. The van der Waals surface area contributed by atoms with Crippen molar-refractivity contribution in [2.45, 2.75) is 49.2 Å². The Morgan fingerprint density at radius 1 is 1.12 bits per heavy atom. The van der Waals surface area contributed by atoms with Gasteiger partial charge in [0.1, 0.15) is 5.00 Å². The molecular weight excluding hydrogens is 583 g/mol. The fourth-order valence-electron chi connectivity index (χ4n) is 5.03. The van der Waals surface area contributed by atoms with Gasteiger partial charge in [0.25, 0.3) is 11.6 Å². The van der Waals surface area contributed by atoms with E-state index in [2.05, 4.69) is 20.5 Å². The average Bonchev–Trinajstić information content (AvgIpc) is 3.62. The number of nitro benzene ring substituents is 1. The highest BCUT2D eigenvalue weighted by atomic mass is 32.2. The molecule has 0 atom stereocenters. The van der Waals surface area contributed by atoms with Gasteiger partial charge >= 0.3 is 0 Å². The molecule has 3 aromatic heterocycles. The monoisotopic (exact) mass is 609 g/mol. The number of hydrogen-bond acceptors (Lipinski definition) is 9. The Bertz CT molecular complexity index is 1820. The molecule has 1 aliphatic carbocycles. The number of hydrogen-bond donors (Lipinski definition) is 1. The summed E-state index contributed by atoms with van der Waals surface area (Å²) in [6.07, 6.45) is 8.85. The molecule has 2 aromatic carbocycles. The summed E-state index contributed by atoms with van der Waals surface area (Å²) in [5, 5.41) is 24.8. The third-order valence-corrected chi connectivity index (χ3v) is 9.39. The first-order valence-electron chi connectivity index (χ1n) is 13.9. The molecule has 0 saturated heterocycles. The predicted octanol–water partition coefficient (Wildman–Crippen LogP) is 7.36. The van der Waals surface area contributed by atoms with Gasteiger partial charge in [0, 0.05) is 63.9 Å². The first-order chi connectivity index (χ1) is 21.0. The number of carbonyl (C=O) groups excluding carboxylic acids is 1. The topological polar surface area (TPSA) is 128 Å². The summed E-state index contributed by atoms with van der Waals surface area (Å²) in [4.78, 5) is 35.6. The lowest BCUT2D eigenvalue weighted by atomic mass is 9.95. The molecule has 3 heterocycles. The summed E-state index contributed by atoms with van der Waals surface area (Å²) in [5.74, 6) is 0.508. The summed E-state index contributed by atoms with van der Waals surface area (Å²) >= 11 is 2.88. The van der Waals surface area contributed by atoms with E-state index in [4.69, 9.17) is 4.99 Å². The number of amides is 1. The van der Waals surface area contributed by atoms with Gasteiger partial charge in [0.15, 0.2) is 11.0 Å². The molecule has 0 unspecified atom stereocenters. The van der Waals surface area contributed by atoms with Gasteiger partial charge in [-0.2, -0.15) is 0 Å². The van der Waals surface area contributed by atoms with Crippen LogP contribution in [0.15, 0.2) is 88.1 Å². The lowest BCUT2D eigenvalue weighted by molar-refractivity contribution is -0.384. The number of benzene rings is 2. The average molecular weight is 610 g/mol. The number of non-ortho nitro benzene ring substituents is 1. The second-order valence-corrected chi connectivity index (χ2v) is 11.9. The fraction of sp³-hybridized carbons (Fsp3) is 0.194. The Morgan fingerprint density at radius 3 is 2.67 bits per heavy atom. The van der Waals surface area contributed by atoms with Crippen molar-refractivity contribution in [3.05, 3.63) is 105 Å². The minimum Gasteiger partial charge on any atom is -0.322 e. The van der Waals surface area contributed by atoms with Crippen molar-refractivity contribution in [1.29, 1.82) is 0 Å². The standard InChI is InChI=1S/C31H27N7O3S2/c1-2-37-28(20-14-16-32-17-15-20)35-36-31(37)43-25-13-12-23(38(40)41)18-21(25)19-33-30-27(24-10-6-7-11-26(24)42-30)29(39)34-22-8-4-3-5-9-22/h3-5,8-9,12-19H,2,6-7,10-11H2,1H3,(H,34,39). The molecule has 0 aliphatic heterocycles. The summed E-state index contributed by atoms with van der Waals surface area (Å²) in [6.45, 7) is 2.64. The predicted molar refractivity (Wildman–Crippen MR) is 169 cm³/mol. The van der Waals surface area contributed by atoms with Gasteiger partial charge in [0.05, 0.1) is 10.5 Å². The summed E-state index contributed by atoms with van der Waals surface area (Å²) in [5.41, 5.74) is 3.73. The normalized spacial score (nSPS) is 12.8. The van der Waals surface area contributed by atoms with Crippen molar-refractivity contribution in [3.8, 4) is 11.4 Å². The lowest BCUT2D eigenvalue weighted by Gasteiger charge is -2.12. The number of thiophene rings is 1. The van der Waals surface area contributed by atoms with Crippen molar-refractivity contribution >= 4 is 51.6 Å². The minimum absolute atomic E-state index is 0.0484. The third kappa shape index (κ3) is 6.11. The molecule has 1 amide bonds. The van der Waals surface area contributed by atoms with E-state index in [0.29, 0.717) is 39.3 Å². The number of para-hydroxylation sites is 1. The van der Waals surface area contributed by atoms with Crippen LogP contribution in [0.2, 0.25) is 0 Å². The van der Waals surface area contributed by atoms with E-state index in [0.717, 1.165) is 41.7 Å². The molecule has 43 heavy (non-hydrogen) atoms. The van der Waals surface area contributed by atoms with Crippen LogP contribution >= 0.6 is 23.1 Å².